The van der Waals surface area contributed by atoms with Gasteiger partial charge in [-0.3, -0.25) is 9.79 Å². The lowest BCUT2D eigenvalue weighted by molar-refractivity contribution is -0.127. The quantitative estimate of drug-likeness (QED) is 0.395. The van der Waals surface area contributed by atoms with Gasteiger partial charge in [0.05, 0.1) is 0 Å². The molecule has 1 heterocycles. The second-order valence-corrected chi connectivity index (χ2v) is 8.84. The zero-order chi connectivity index (χ0) is 22.8. The van der Waals surface area contributed by atoms with Gasteiger partial charge in [-0.25, -0.2) is 0 Å². The van der Waals surface area contributed by atoms with E-state index in [4.69, 9.17) is 0 Å². The minimum absolute atomic E-state index is 0.252. The van der Waals surface area contributed by atoms with E-state index < -0.39 is 0 Å². The molecule has 0 saturated carbocycles. The number of carbonyl (C=O) groups excluding carboxylic acids is 1. The van der Waals surface area contributed by atoms with Gasteiger partial charge in [-0.2, -0.15) is 0 Å². The van der Waals surface area contributed by atoms with Gasteiger partial charge >= 0.3 is 0 Å². The van der Waals surface area contributed by atoms with Crippen molar-refractivity contribution in [2.75, 3.05) is 38.5 Å². The lowest BCUT2D eigenvalue weighted by Gasteiger charge is -2.25. The molecule has 1 aliphatic rings. The van der Waals surface area contributed by atoms with E-state index in [1.165, 1.54) is 5.56 Å². The van der Waals surface area contributed by atoms with Crippen LogP contribution in [0.1, 0.15) is 25.8 Å². The number of anilines is 1. The summed E-state index contributed by atoms with van der Waals surface area (Å²) < 4.78 is 0. The first-order valence-corrected chi connectivity index (χ1v) is 11.6. The van der Waals surface area contributed by atoms with Crippen molar-refractivity contribution >= 4 is 17.6 Å². The number of para-hydroxylation sites is 1. The van der Waals surface area contributed by atoms with Gasteiger partial charge in [0.2, 0.25) is 5.91 Å². The zero-order valence-electron chi connectivity index (χ0n) is 19.6. The van der Waals surface area contributed by atoms with Crippen LogP contribution in [0.3, 0.4) is 0 Å². The predicted molar refractivity (Wildman–Crippen MR) is 133 cm³/mol. The first kappa shape index (κ1) is 23.6. The van der Waals surface area contributed by atoms with Crippen molar-refractivity contribution < 1.29 is 4.79 Å². The standard InChI is InChI=1S/C26H37N5O/c1-20(2)24(30-23-12-8-5-9-13-23)18-29-26(27-3)28-17-22-16-25(32)31(19-22)15-14-21-10-6-4-7-11-21/h4-13,20,22,24,30H,14-19H2,1-3H3,(H2,27,28,29). The highest BCUT2D eigenvalue weighted by Gasteiger charge is 2.29. The fourth-order valence-electron chi connectivity index (χ4n) is 3.99. The van der Waals surface area contributed by atoms with Crippen LogP contribution in [-0.2, 0) is 11.2 Å². The number of carbonyl (C=O) groups is 1. The minimum atomic E-state index is 0.252. The second kappa shape index (κ2) is 12.1. The van der Waals surface area contributed by atoms with Crippen LogP contribution < -0.4 is 16.0 Å². The Bertz CT molecular complexity index is 853. The third-order valence-electron chi connectivity index (χ3n) is 6.01. The molecule has 32 heavy (non-hydrogen) atoms. The number of hydrogen-bond donors (Lipinski definition) is 3. The number of hydrogen-bond acceptors (Lipinski definition) is 3. The molecular weight excluding hydrogens is 398 g/mol. The van der Waals surface area contributed by atoms with E-state index >= 15 is 0 Å². The maximum absolute atomic E-state index is 12.4. The average molecular weight is 436 g/mol. The Morgan fingerprint density at radius 1 is 1.06 bits per heavy atom. The SMILES string of the molecule is CN=C(NCC1CC(=O)N(CCc2ccccc2)C1)NCC(Nc1ccccc1)C(C)C. The van der Waals surface area contributed by atoms with Crippen LogP contribution in [0.25, 0.3) is 0 Å². The largest absolute Gasteiger partial charge is 0.380 e. The molecule has 2 aromatic rings. The van der Waals surface area contributed by atoms with E-state index in [1.54, 1.807) is 7.05 Å². The summed E-state index contributed by atoms with van der Waals surface area (Å²) in [4.78, 5) is 18.8. The second-order valence-electron chi connectivity index (χ2n) is 8.84. The predicted octanol–water partition coefficient (Wildman–Crippen LogP) is 3.38. The molecule has 3 rings (SSSR count). The van der Waals surface area contributed by atoms with E-state index in [1.807, 2.05) is 41.3 Å². The lowest BCUT2D eigenvalue weighted by atomic mass is 10.0. The van der Waals surface area contributed by atoms with Gasteiger partial charge in [-0.15, -0.1) is 0 Å². The van der Waals surface area contributed by atoms with Crippen LogP contribution in [0.2, 0.25) is 0 Å². The highest BCUT2D eigenvalue weighted by atomic mass is 16.2. The van der Waals surface area contributed by atoms with E-state index in [0.29, 0.717) is 18.3 Å². The Labute approximate surface area is 192 Å². The van der Waals surface area contributed by atoms with Gasteiger partial charge < -0.3 is 20.9 Å². The number of rotatable bonds is 10. The number of aliphatic imine (C=N–C) groups is 1. The van der Waals surface area contributed by atoms with Gasteiger partial charge in [-0.1, -0.05) is 62.4 Å². The maximum atomic E-state index is 12.4. The van der Waals surface area contributed by atoms with Crippen LogP contribution in [-0.4, -0.2) is 56.0 Å². The molecule has 1 saturated heterocycles. The number of benzene rings is 2. The summed E-state index contributed by atoms with van der Waals surface area (Å²) in [5.41, 5.74) is 2.39. The number of likely N-dealkylation sites (tertiary alicyclic amines) is 1. The summed E-state index contributed by atoms with van der Waals surface area (Å²) in [6, 6.07) is 20.9. The Morgan fingerprint density at radius 2 is 1.75 bits per heavy atom. The molecular formula is C26H37N5O. The van der Waals surface area contributed by atoms with Crippen molar-refractivity contribution in [2.24, 2.45) is 16.8 Å². The van der Waals surface area contributed by atoms with Crippen LogP contribution >= 0.6 is 0 Å². The van der Waals surface area contributed by atoms with Crippen molar-refractivity contribution in [2.45, 2.75) is 32.7 Å². The summed E-state index contributed by atoms with van der Waals surface area (Å²) in [5.74, 6) is 1.80. The van der Waals surface area contributed by atoms with Gasteiger partial charge in [0.1, 0.15) is 0 Å². The van der Waals surface area contributed by atoms with Gasteiger partial charge in [0.15, 0.2) is 5.96 Å². The number of amides is 1. The smallest absolute Gasteiger partial charge is 0.223 e. The molecule has 2 unspecified atom stereocenters. The highest BCUT2D eigenvalue weighted by Crippen LogP contribution is 2.18. The van der Waals surface area contributed by atoms with Gasteiger partial charge in [0.25, 0.3) is 0 Å². The number of nitrogens with one attached hydrogen (secondary N) is 3. The van der Waals surface area contributed by atoms with E-state index in [-0.39, 0.29) is 11.9 Å². The summed E-state index contributed by atoms with van der Waals surface area (Å²) in [5, 5.41) is 10.5. The first-order valence-electron chi connectivity index (χ1n) is 11.6. The monoisotopic (exact) mass is 435 g/mol. The Balaban J connectivity index is 1.42. The fraction of sp³-hybridized carbons (Fsp3) is 0.462. The average Bonchev–Trinajstić information content (AvgIpc) is 3.17. The molecule has 0 aromatic heterocycles. The minimum Gasteiger partial charge on any atom is -0.380 e. The van der Waals surface area contributed by atoms with Crippen LogP contribution in [0.5, 0.6) is 0 Å². The van der Waals surface area contributed by atoms with Gasteiger partial charge in [-0.05, 0) is 30.0 Å². The van der Waals surface area contributed by atoms with Crippen LogP contribution in [0.4, 0.5) is 5.69 Å². The molecule has 0 radical (unpaired) electrons. The Hall–Kier alpha value is -3.02. The Morgan fingerprint density at radius 3 is 2.41 bits per heavy atom. The van der Waals surface area contributed by atoms with Crippen LogP contribution in [0.15, 0.2) is 65.7 Å². The molecule has 0 bridgehead atoms. The molecule has 1 aliphatic heterocycles. The topological polar surface area (TPSA) is 68.8 Å². The third kappa shape index (κ3) is 7.29. The zero-order valence-corrected chi connectivity index (χ0v) is 19.6. The summed E-state index contributed by atoms with van der Waals surface area (Å²) in [6.45, 7) is 7.53. The molecule has 0 aliphatic carbocycles. The summed E-state index contributed by atoms with van der Waals surface area (Å²) in [7, 11) is 1.79. The van der Waals surface area contributed by atoms with Crippen molar-refractivity contribution in [1.29, 1.82) is 0 Å². The molecule has 0 spiro atoms. The molecule has 6 nitrogen and oxygen atoms in total. The maximum Gasteiger partial charge on any atom is 0.223 e. The number of nitrogens with zero attached hydrogens (tertiary/aromatic N) is 2. The van der Waals surface area contributed by atoms with E-state index in [9.17, 15) is 4.79 Å². The van der Waals surface area contributed by atoms with E-state index in [2.05, 4.69) is 59.1 Å². The Kier molecular flexibility index (Phi) is 8.96. The third-order valence-corrected chi connectivity index (χ3v) is 6.01. The lowest BCUT2D eigenvalue weighted by Crippen LogP contribution is -2.46. The highest BCUT2D eigenvalue weighted by molar-refractivity contribution is 5.81. The molecule has 2 atom stereocenters. The van der Waals surface area contributed by atoms with Crippen LogP contribution in [0, 0.1) is 11.8 Å². The molecule has 3 N–H and O–H groups in total. The van der Waals surface area contributed by atoms with Crippen molar-refractivity contribution in [3.05, 3.63) is 66.2 Å². The van der Waals surface area contributed by atoms with Gasteiger partial charge in [0, 0.05) is 57.3 Å². The summed E-state index contributed by atoms with van der Waals surface area (Å²) >= 11 is 0. The molecule has 6 heteroatoms. The fourth-order valence-corrected chi connectivity index (χ4v) is 3.99. The molecule has 2 aromatic carbocycles. The molecule has 172 valence electrons. The first-order chi connectivity index (χ1) is 15.5. The van der Waals surface area contributed by atoms with Crippen molar-refractivity contribution in [1.82, 2.24) is 15.5 Å². The molecule has 1 fully saturated rings. The normalized spacial score (nSPS) is 17.5. The number of guanidine groups is 1. The van der Waals surface area contributed by atoms with Crippen molar-refractivity contribution in [3.63, 3.8) is 0 Å². The summed E-state index contributed by atoms with van der Waals surface area (Å²) in [6.07, 6.45) is 1.50. The van der Waals surface area contributed by atoms with Crippen molar-refractivity contribution in [3.8, 4) is 0 Å². The van der Waals surface area contributed by atoms with E-state index in [0.717, 1.165) is 44.2 Å². The molecule has 1 amide bonds.